The molecular formula is C17H11F2NO3. The summed E-state index contributed by atoms with van der Waals surface area (Å²) < 4.78 is 26.0. The van der Waals surface area contributed by atoms with Crippen LogP contribution in [0.15, 0.2) is 60.7 Å². The van der Waals surface area contributed by atoms with E-state index in [0.717, 1.165) is 18.2 Å². The molecule has 2 aromatic carbocycles. The molecule has 0 aliphatic rings. The Balaban J connectivity index is 2.12. The second-order valence-corrected chi connectivity index (χ2v) is 4.56. The third-order valence-corrected chi connectivity index (χ3v) is 2.92. The van der Waals surface area contributed by atoms with Crippen molar-refractivity contribution >= 4 is 17.5 Å². The van der Waals surface area contributed by atoms with E-state index in [9.17, 15) is 23.7 Å². The molecule has 0 N–H and O–H groups in total. The zero-order valence-corrected chi connectivity index (χ0v) is 11.8. The second kappa shape index (κ2) is 7.22. The molecule has 116 valence electrons. The van der Waals surface area contributed by atoms with Gasteiger partial charge in [0, 0.05) is 17.7 Å². The summed E-state index contributed by atoms with van der Waals surface area (Å²) in [6.45, 7) is 0. The number of nitro benzene ring substituents is 1. The Morgan fingerprint density at radius 2 is 1.70 bits per heavy atom. The molecule has 0 saturated carbocycles. The van der Waals surface area contributed by atoms with Crippen molar-refractivity contribution in [2.75, 3.05) is 0 Å². The summed E-state index contributed by atoms with van der Waals surface area (Å²) in [5.74, 6) is -2.25. The van der Waals surface area contributed by atoms with Crippen LogP contribution in [0.1, 0.15) is 15.9 Å². The number of carbonyl (C=O) groups excluding carboxylic acids is 1. The maximum absolute atomic E-state index is 13.0. The van der Waals surface area contributed by atoms with E-state index in [1.165, 1.54) is 24.3 Å². The summed E-state index contributed by atoms with van der Waals surface area (Å²) in [6, 6.07) is 8.67. The van der Waals surface area contributed by atoms with Crippen molar-refractivity contribution in [2.45, 2.75) is 0 Å². The Hall–Kier alpha value is -3.15. The van der Waals surface area contributed by atoms with E-state index in [1.807, 2.05) is 0 Å². The van der Waals surface area contributed by atoms with Crippen LogP contribution in [-0.4, -0.2) is 10.7 Å². The molecule has 2 aromatic rings. The fourth-order valence-electron chi connectivity index (χ4n) is 1.89. The Kier molecular flexibility index (Phi) is 5.09. The number of nitrogens with zero attached hydrogens (tertiary/aromatic N) is 1. The van der Waals surface area contributed by atoms with E-state index in [0.29, 0.717) is 11.6 Å². The lowest BCUT2D eigenvalue weighted by Crippen LogP contribution is -1.96. The first-order valence-corrected chi connectivity index (χ1v) is 6.56. The highest BCUT2D eigenvalue weighted by atomic mass is 19.1. The molecule has 0 atom stereocenters. The van der Waals surface area contributed by atoms with Gasteiger partial charge in [-0.15, -0.1) is 0 Å². The van der Waals surface area contributed by atoms with Gasteiger partial charge in [0.2, 0.25) is 0 Å². The minimum atomic E-state index is -0.836. The van der Waals surface area contributed by atoms with Gasteiger partial charge in [-0.1, -0.05) is 24.3 Å². The van der Waals surface area contributed by atoms with Crippen LogP contribution in [0.2, 0.25) is 0 Å². The average Bonchev–Trinajstić information content (AvgIpc) is 2.50. The minimum Gasteiger partial charge on any atom is -0.289 e. The van der Waals surface area contributed by atoms with E-state index in [2.05, 4.69) is 0 Å². The van der Waals surface area contributed by atoms with Gasteiger partial charge in [-0.25, -0.2) is 8.78 Å². The van der Waals surface area contributed by atoms with Crippen molar-refractivity contribution in [3.05, 3.63) is 93.6 Å². The van der Waals surface area contributed by atoms with Crippen LogP contribution in [-0.2, 0) is 0 Å². The first-order chi connectivity index (χ1) is 11.0. The monoisotopic (exact) mass is 315 g/mol. The molecule has 0 aliphatic carbocycles. The number of rotatable bonds is 5. The molecule has 2 rings (SSSR count). The summed E-state index contributed by atoms with van der Waals surface area (Å²) in [6.07, 6.45) is 5.38. The van der Waals surface area contributed by atoms with Gasteiger partial charge in [0.15, 0.2) is 5.78 Å². The van der Waals surface area contributed by atoms with Crippen molar-refractivity contribution in [2.24, 2.45) is 0 Å². The highest BCUT2D eigenvalue weighted by molar-refractivity contribution is 6.04. The number of hydrogen-bond donors (Lipinski definition) is 0. The molecule has 0 heterocycles. The molecule has 0 fully saturated rings. The number of carbonyl (C=O) groups is 1. The SMILES string of the molecule is O=C(/C=C/C=C/c1ccccc1[N+](=O)[O-])c1cc(F)cc(F)c1. The van der Waals surface area contributed by atoms with Gasteiger partial charge in [0.05, 0.1) is 10.5 Å². The first-order valence-electron chi connectivity index (χ1n) is 6.56. The van der Waals surface area contributed by atoms with E-state index < -0.39 is 22.3 Å². The molecular weight excluding hydrogens is 304 g/mol. The number of halogens is 2. The normalized spacial score (nSPS) is 11.2. The molecule has 0 amide bonds. The van der Waals surface area contributed by atoms with E-state index in [-0.39, 0.29) is 11.3 Å². The van der Waals surface area contributed by atoms with Crippen molar-refractivity contribution in [3.8, 4) is 0 Å². The van der Waals surface area contributed by atoms with Crippen LogP contribution < -0.4 is 0 Å². The molecule has 0 bridgehead atoms. The summed E-state index contributed by atoms with van der Waals surface area (Å²) in [4.78, 5) is 22.1. The highest BCUT2D eigenvalue weighted by Crippen LogP contribution is 2.18. The summed E-state index contributed by atoms with van der Waals surface area (Å²) in [7, 11) is 0. The number of nitro groups is 1. The van der Waals surface area contributed by atoms with Crippen LogP contribution in [0.25, 0.3) is 6.08 Å². The lowest BCUT2D eigenvalue weighted by atomic mass is 10.1. The zero-order chi connectivity index (χ0) is 16.8. The van der Waals surface area contributed by atoms with Crippen molar-refractivity contribution in [1.29, 1.82) is 0 Å². The molecule has 0 radical (unpaired) electrons. The summed E-state index contributed by atoms with van der Waals surface area (Å²) in [5, 5.41) is 10.8. The van der Waals surface area contributed by atoms with Crippen LogP contribution in [0.5, 0.6) is 0 Å². The van der Waals surface area contributed by atoms with Crippen LogP contribution in [0, 0.1) is 21.7 Å². The Morgan fingerprint density at radius 3 is 2.35 bits per heavy atom. The first kappa shape index (κ1) is 16.2. The van der Waals surface area contributed by atoms with Crippen molar-refractivity contribution in [1.82, 2.24) is 0 Å². The smallest absolute Gasteiger partial charge is 0.276 e. The average molecular weight is 315 g/mol. The lowest BCUT2D eigenvalue weighted by molar-refractivity contribution is -0.385. The van der Waals surface area contributed by atoms with E-state index in [4.69, 9.17) is 0 Å². The van der Waals surface area contributed by atoms with Gasteiger partial charge in [-0.3, -0.25) is 14.9 Å². The molecule has 23 heavy (non-hydrogen) atoms. The molecule has 6 heteroatoms. The topological polar surface area (TPSA) is 60.2 Å². The molecule has 0 aromatic heterocycles. The summed E-state index contributed by atoms with van der Waals surface area (Å²) >= 11 is 0. The van der Waals surface area contributed by atoms with E-state index in [1.54, 1.807) is 18.2 Å². The highest BCUT2D eigenvalue weighted by Gasteiger charge is 2.09. The molecule has 0 aliphatic heterocycles. The fourth-order valence-corrected chi connectivity index (χ4v) is 1.89. The van der Waals surface area contributed by atoms with Gasteiger partial charge in [0.25, 0.3) is 5.69 Å². The third kappa shape index (κ3) is 4.41. The lowest BCUT2D eigenvalue weighted by Gasteiger charge is -1.97. The maximum Gasteiger partial charge on any atom is 0.276 e. The van der Waals surface area contributed by atoms with Gasteiger partial charge in [-0.05, 0) is 30.4 Å². The Bertz CT molecular complexity index is 793. The molecule has 0 spiro atoms. The fraction of sp³-hybridized carbons (Fsp3) is 0. The number of hydrogen-bond acceptors (Lipinski definition) is 3. The third-order valence-electron chi connectivity index (χ3n) is 2.92. The number of para-hydroxylation sites is 1. The second-order valence-electron chi connectivity index (χ2n) is 4.56. The van der Waals surface area contributed by atoms with Gasteiger partial charge >= 0.3 is 0 Å². The Labute approximate surface area is 130 Å². The molecule has 4 nitrogen and oxygen atoms in total. The van der Waals surface area contributed by atoms with Gasteiger partial charge in [0.1, 0.15) is 11.6 Å². The Morgan fingerprint density at radius 1 is 1.04 bits per heavy atom. The van der Waals surface area contributed by atoms with Crippen LogP contribution >= 0.6 is 0 Å². The molecule has 0 unspecified atom stereocenters. The van der Waals surface area contributed by atoms with Crippen molar-refractivity contribution < 1.29 is 18.5 Å². The van der Waals surface area contributed by atoms with Gasteiger partial charge in [-0.2, -0.15) is 0 Å². The number of benzene rings is 2. The molecule has 0 saturated heterocycles. The number of allylic oxidation sites excluding steroid dienone is 3. The predicted octanol–water partition coefficient (Wildman–Crippen LogP) is 4.33. The van der Waals surface area contributed by atoms with E-state index >= 15 is 0 Å². The standard InChI is InChI=1S/C17H11F2NO3/c18-14-9-13(10-15(19)11-14)17(21)8-4-2-6-12-5-1-3-7-16(12)20(22)23/h1-11H/b6-2+,8-4+. The minimum absolute atomic E-state index is 0.0596. The van der Waals surface area contributed by atoms with Crippen LogP contribution in [0.4, 0.5) is 14.5 Å². The van der Waals surface area contributed by atoms with Gasteiger partial charge < -0.3 is 0 Å². The van der Waals surface area contributed by atoms with Crippen molar-refractivity contribution in [3.63, 3.8) is 0 Å². The quantitative estimate of drug-likeness (QED) is 0.271. The maximum atomic E-state index is 13.0. The largest absolute Gasteiger partial charge is 0.289 e. The number of ketones is 1. The predicted molar refractivity (Wildman–Crippen MR) is 82.0 cm³/mol. The summed E-state index contributed by atoms with van der Waals surface area (Å²) in [5.41, 5.74) is 0.208. The zero-order valence-electron chi connectivity index (χ0n) is 11.8. The van der Waals surface area contributed by atoms with Crippen LogP contribution in [0.3, 0.4) is 0 Å².